The number of likely N-dealkylation sites (tertiary alicyclic amines) is 1. The van der Waals surface area contributed by atoms with Gasteiger partial charge in [0.05, 0.1) is 10.8 Å². The second kappa shape index (κ2) is 5.85. The summed E-state index contributed by atoms with van der Waals surface area (Å²) in [4.78, 5) is 25.0. The highest BCUT2D eigenvalue weighted by Crippen LogP contribution is 2.20. The van der Waals surface area contributed by atoms with Gasteiger partial charge in [0.15, 0.2) is 9.84 Å². The number of carbonyl (C=O) groups excluding carboxylic acids is 1. The monoisotopic (exact) mass is 311 g/mol. The van der Waals surface area contributed by atoms with Crippen molar-refractivity contribution in [1.29, 1.82) is 0 Å². The number of hydrogen-bond acceptors (Lipinski definition) is 4. The van der Waals surface area contributed by atoms with Gasteiger partial charge in [0, 0.05) is 24.9 Å². The molecule has 0 spiro atoms. The van der Waals surface area contributed by atoms with Crippen LogP contribution < -0.4 is 0 Å². The molecule has 0 unspecified atom stereocenters. The fourth-order valence-corrected chi connectivity index (χ4v) is 3.07. The maximum Gasteiger partial charge on any atom is 0.308 e. The van der Waals surface area contributed by atoms with Crippen LogP contribution in [0, 0.1) is 5.92 Å². The van der Waals surface area contributed by atoms with E-state index in [9.17, 15) is 18.0 Å². The molecule has 0 aliphatic carbocycles. The summed E-state index contributed by atoms with van der Waals surface area (Å²) in [5, 5.41) is 9.04. The Kier molecular flexibility index (Phi) is 4.32. The van der Waals surface area contributed by atoms with E-state index in [0.29, 0.717) is 19.4 Å². The highest BCUT2D eigenvalue weighted by atomic mass is 32.2. The number of nitrogens with zero attached hydrogens (tertiary/aromatic N) is 1. The minimum atomic E-state index is -3.38. The summed E-state index contributed by atoms with van der Waals surface area (Å²) in [6.45, 7) is 0.656. The molecule has 1 aliphatic rings. The third-order valence-electron chi connectivity index (χ3n) is 3.57. The van der Waals surface area contributed by atoms with Crippen molar-refractivity contribution >= 4 is 21.7 Å². The number of benzene rings is 1. The summed E-state index contributed by atoms with van der Waals surface area (Å²) in [6.07, 6.45) is 2.27. The van der Waals surface area contributed by atoms with Crippen molar-refractivity contribution in [2.24, 2.45) is 5.92 Å². The summed E-state index contributed by atoms with van der Waals surface area (Å²) < 4.78 is 23.0. The minimum Gasteiger partial charge on any atom is -0.481 e. The first kappa shape index (κ1) is 15.5. The zero-order valence-corrected chi connectivity index (χ0v) is 12.5. The topological polar surface area (TPSA) is 91.8 Å². The molecule has 1 heterocycles. The van der Waals surface area contributed by atoms with E-state index in [-0.39, 0.29) is 22.9 Å². The molecular formula is C14H17NO5S. The molecule has 6 nitrogen and oxygen atoms in total. The van der Waals surface area contributed by atoms with Crippen LogP contribution in [0.15, 0.2) is 29.2 Å². The van der Waals surface area contributed by atoms with Crippen LogP contribution in [0.1, 0.15) is 23.2 Å². The van der Waals surface area contributed by atoms with E-state index < -0.39 is 21.7 Å². The lowest BCUT2D eigenvalue weighted by atomic mass is 9.97. The molecule has 1 atom stereocenters. The Hall–Kier alpha value is -1.89. The molecule has 0 bridgehead atoms. The number of hydrogen-bond donors (Lipinski definition) is 1. The first-order valence-corrected chi connectivity index (χ1v) is 8.50. The Bertz CT molecular complexity index is 668. The van der Waals surface area contributed by atoms with E-state index in [1.165, 1.54) is 23.1 Å². The molecule has 1 aromatic carbocycles. The third-order valence-corrected chi connectivity index (χ3v) is 4.68. The van der Waals surface area contributed by atoms with Crippen LogP contribution in [-0.2, 0) is 14.6 Å². The normalized spacial score (nSPS) is 19.3. The standard InChI is InChI=1S/C14H17NO5S/c1-21(19,20)12-6-2-4-10(8-12)13(16)15-7-3-5-11(9-15)14(17)18/h2,4,6,8,11H,3,5,7,9H2,1H3,(H,17,18)/t11-/m0/s1. The summed E-state index contributed by atoms with van der Waals surface area (Å²) in [7, 11) is -3.38. The molecule has 1 amide bonds. The molecular weight excluding hydrogens is 294 g/mol. The maximum atomic E-state index is 12.4. The molecule has 1 aliphatic heterocycles. The van der Waals surface area contributed by atoms with E-state index in [4.69, 9.17) is 5.11 Å². The van der Waals surface area contributed by atoms with Gasteiger partial charge < -0.3 is 10.0 Å². The average Bonchev–Trinajstić information content (AvgIpc) is 2.46. The third kappa shape index (κ3) is 3.60. The van der Waals surface area contributed by atoms with Crippen LogP contribution in [0.25, 0.3) is 0 Å². The van der Waals surface area contributed by atoms with Crippen molar-refractivity contribution < 1.29 is 23.1 Å². The molecule has 2 rings (SSSR count). The van der Waals surface area contributed by atoms with Gasteiger partial charge in [-0.25, -0.2) is 8.42 Å². The highest BCUT2D eigenvalue weighted by molar-refractivity contribution is 7.90. The van der Waals surface area contributed by atoms with Crippen LogP contribution in [0.2, 0.25) is 0 Å². The molecule has 1 aromatic rings. The van der Waals surface area contributed by atoms with Crippen molar-refractivity contribution in [3.8, 4) is 0 Å². The van der Waals surface area contributed by atoms with Gasteiger partial charge in [-0.1, -0.05) is 6.07 Å². The lowest BCUT2D eigenvalue weighted by Crippen LogP contribution is -2.42. The Balaban J connectivity index is 2.22. The Labute approximate surface area is 123 Å². The van der Waals surface area contributed by atoms with E-state index >= 15 is 0 Å². The largest absolute Gasteiger partial charge is 0.481 e. The van der Waals surface area contributed by atoms with Gasteiger partial charge in [0.2, 0.25) is 0 Å². The SMILES string of the molecule is CS(=O)(=O)c1cccc(C(=O)N2CCC[C@H](C(=O)O)C2)c1. The summed E-state index contributed by atoms with van der Waals surface area (Å²) in [6, 6.07) is 5.83. The van der Waals surface area contributed by atoms with Crippen LogP contribution in [0.4, 0.5) is 0 Å². The van der Waals surface area contributed by atoms with Gasteiger partial charge in [-0.15, -0.1) is 0 Å². The van der Waals surface area contributed by atoms with E-state index in [2.05, 4.69) is 0 Å². The summed E-state index contributed by atoms with van der Waals surface area (Å²) >= 11 is 0. The zero-order chi connectivity index (χ0) is 15.6. The Morgan fingerprint density at radius 2 is 2.05 bits per heavy atom. The van der Waals surface area contributed by atoms with E-state index in [1.54, 1.807) is 6.07 Å². The lowest BCUT2D eigenvalue weighted by molar-refractivity contribution is -0.143. The van der Waals surface area contributed by atoms with Crippen molar-refractivity contribution in [3.05, 3.63) is 29.8 Å². The molecule has 0 saturated carbocycles. The predicted molar refractivity (Wildman–Crippen MR) is 75.8 cm³/mol. The van der Waals surface area contributed by atoms with Gasteiger partial charge in [-0.3, -0.25) is 9.59 Å². The van der Waals surface area contributed by atoms with Crippen molar-refractivity contribution in [2.45, 2.75) is 17.7 Å². The fourth-order valence-electron chi connectivity index (χ4n) is 2.41. The van der Waals surface area contributed by atoms with Crippen LogP contribution >= 0.6 is 0 Å². The number of carboxylic acids is 1. The lowest BCUT2D eigenvalue weighted by Gasteiger charge is -2.30. The second-order valence-electron chi connectivity index (χ2n) is 5.23. The maximum absolute atomic E-state index is 12.4. The van der Waals surface area contributed by atoms with Crippen LogP contribution in [0.5, 0.6) is 0 Å². The molecule has 1 saturated heterocycles. The van der Waals surface area contributed by atoms with Gasteiger partial charge in [0.25, 0.3) is 5.91 Å². The molecule has 21 heavy (non-hydrogen) atoms. The number of aliphatic carboxylic acids is 1. The summed E-state index contributed by atoms with van der Waals surface area (Å²) in [5.74, 6) is -1.79. The Morgan fingerprint density at radius 1 is 1.33 bits per heavy atom. The van der Waals surface area contributed by atoms with Gasteiger partial charge in [-0.05, 0) is 31.0 Å². The molecule has 1 N–H and O–H groups in total. The zero-order valence-electron chi connectivity index (χ0n) is 11.7. The number of piperidine rings is 1. The highest BCUT2D eigenvalue weighted by Gasteiger charge is 2.28. The predicted octanol–water partition coefficient (Wildman–Crippen LogP) is 1.03. The summed E-state index contributed by atoms with van der Waals surface area (Å²) in [5.41, 5.74) is 0.268. The second-order valence-corrected chi connectivity index (χ2v) is 7.24. The van der Waals surface area contributed by atoms with E-state index in [0.717, 1.165) is 6.26 Å². The van der Waals surface area contributed by atoms with Crippen molar-refractivity contribution in [3.63, 3.8) is 0 Å². The van der Waals surface area contributed by atoms with Crippen LogP contribution in [-0.4, -0.2) is 49.6 Å². The first-order chi connectivity index (χ1) is 9.79. The molecule has 0 aromatic heterocycles. The molecule has 7 heteroatoms. The van der Waals surface area contributed by atoms with Crippen LogP contribution in [0.3, 0.4) is 0 Å². The Morgan fingerprint density at radius 3 is 2.67 bits per heavy atom. The average molecular weight is 311 g/mol. The smallest absolute Gasteiger partial charge is 0.308 e. The van der Waals surface area contributed by atoms with Gasteiger partial charge in [0.1, 0.15) is 0 Å². The first-order valence-electron chi connectivity index (χ1n) is 6.61. The minimum absolute atomic E-state index is 0.0835. The number of carboxylic acid groups (broad SMARTS) is 1. The number of carbonyl (C=O) groups is 2. The van der Waals surface area contributed by atoms with E-state index in [1.807, 2.05) is 0 Å². The number of sulfone groups is 1. The molecule has 0 radical (unpaired) electrons. The van der Waals surface area contributed by atoms with Crippen molar-refractivity contribution in [2.75, 3.05) is 19.3 Å². The molecule has 114 valence electrons. The van der Waals surface area contributed by atoms with Gasteiger partial charge in [-0.2, -0.15) is 0 Å². The number of rotatable bonds is 3. The molecule has 1 fully saturated rings. The fraction of sp³-hybridized carbons (Fsp3) is 0.429. The number of amides is 1. The van der Waals surface area contributed by atoms with Gasteiger partial charge >= 0.3 is 5.97 Å². The quantitative estimate of drug-likeness (QED) is 0.900. The van der Waals surface area contributed by atoms with Crippen molar-refractivity contribution in [1.82, 2.24) is 4.90 Å².